The van der Waals surface area contributed by atoms with E-state index in [1.165, 1.54) is 40.0 Å². The second kappa shape index (κ2) is 9.30. The molecule has 29 heavy (non-hydrogen) atoms. The number of para-hydroxylation sites is 1. The molecule has 0 radical (unpaired) electrons. The minimum Gasteiger partial charge on any atom is -0.311 e. The van der Waals surface area contributed by atoms with Crippen LogP contribution in [0.4, 0.5) is 10.8 Å². The molecule has 1 aliphatic rings. The number of aryl methyl sites for hydroxylation is 1. The zero-order valence-corrected chi connectivity index (χ0v) is 18.6. The summed E-state index contributed by atoms with van der Waals surface area (Å²) < 4.78 is 0.705. The topological polar surface area (TPSA) is 62.3 Å². The van der Waals surface area contributed by atoms with Crippen LogP contribution in [0.5, 0.6) is 0 Å². The first-order valence-electron chi connectivity index (χ1n) is 9.07. The van der Waals surface area contributed by atoms with Gasteiger partial charge in [-0.15, -0.1) is 34.4 Å². The van der Waals surface area contributed by atoms with Gasteiger partial charge in [-0.25, -0.2) is 4.98 Å². The Bertz CT molecular complexity index is 1030. The number of thiophene rings is 1. The third-order valence-corrected chi connectivity index (χ3v) is 7.37. The fourth-order valence-electron chi connectivity index (χ4n) is 3.15. The number of nitrogens with zero attached hydrogens (tertiary/aromatic N) is 2. The van der Waals surface area contributed by atoms with Crippen LogP contribution in [0.1, 0.15) is 12.0 Å². The van der Waals surface area contributed by atoms with Gasteiger partial charge >= 0.3 is 0 Å². The normalized spacial score (nSPS) is 13.2. The number of halogens is 1. The van der Waals surface area contributed by atoms with Crippen LogP contribution in [-0.4, -0.2) is 34.8 Å². The highest BCUT2D eigenvalue weighted by Crippen LogP contribution is 2.33. The predicted molar refractivity (Wildman–Crippen MR) is 124 cm³/mol. The molecule has 150 valence electrons. The number of aromatic nitrogens is 1. The molecule has 1 aromatic carbocycles. The van der Waals surface area contributed by atoms with E-state index >= 15 is 0 Å². The largest absolute Gasteiger partial charge is 0.311 e. The zero-order chi connectivity index (χ0) is 20.2. The molecule has 2 amide bonds. The van der Waals surface area contributed by atoms with E-state index in [2.05, 4.69) is 16.4 Å². The lowest BCUT2D eigenvalue weighted by atomic mass is 10.0. The Hall–Kier alpha value is -1.87. The maximum absolute atomic E-state index is 12.6. The minimum atomic E-state index is -0.160. The summed E-state index contributed by atoms with van der Waals surface area (Å²) in [6.45, 7) is 0.733. The van der Waals surface area contributed by atoms with E-state index in [1.807, 2.05) is 40.6 Å². The fourth-order valence-corrected chi connectivity index (χ4v) is 5.65. The molecule has 0 aliphatic carbocycles. The molecule has 3 aromatic rings. The van der Waals surface area contributed by atoms with Crippen LogP contribution in [0.25, 0.3) is 10.6 Å². The summed E-state index contributed by atoms with van der Waals surface area (Å²) in [5.74, 6) is 0.368. The first kappa shape index (κ1) is 20.4. The third-order valence-electron chi connectivity index (χ3n) is 4.45. The number of fused-ring (bicyclic) bond motifs is 1. The fraction of sp³-hybridized carbons (Fsp3) is 0.250. The van der Waals surface area contributed by atoms with E-state index in [4.69, 9.17) is 11.6 Å². The number of carbonyl (C=O) groups is 2. The van der Waals surface area contributed by atoms with Crippen molar-refractivity contribution in [3.63, 3.8) is 0 Å². The van der Waals surface area contributed by atoms with Crippen molar-refractivity contribution in [3.05, 3.63) is 51.7 Å². The molecule has 3 heterocycles. The summed E-state index contributed by atoms with van der Waals surface area (Å²) in [6, 6.07) is 11.8. The lowest BCUT2D eigenvalue weighted by molar-refractivity contribution is -0.116. The van der Waals surface area contributed by atoms with Gasteiger partial charge in [0, 0.05) is 17.6 Å². The Morgan fingerprint density at radius 3 is 2.90 bits per heavy atom. The number of hydrogen-bond acceptors (Lipinski definition) is 6. The molecular formula is C20H18ClN3O2S3. The monoisotopic (exact) mass is 463 g/mol. The standard InChI is InChI=1S/C20H18ClN3O2S3/c21-17-8-7-16(29-17)14-10-28-20(22-14)23-18(25)11-27-12-19(26)24-9-3-5-13-4-1-2-6-15(13)24/h1-2,4,6-8,10H,3,5,9,11-12H2,(H,22,23,25). The number of hydrogen-bond donors (Lipinski definition) is 1. The lowest BCUT2D eigenvalue weighted by Crippen LogP contribution is -2.36. The van der Waals surface area contributed by atoms with Gasteiger partial charge in [-0.05, 0) is 36.6 Å². The molecule has 1 N–H and O–H groups in total. The molecule has 0 fully saturated rings. The number of benzene rings is 1. The van der Waals surface area contributed by atoms with Crippen LogP contribution in [0, 0.1) is 0 Å². The van der Waals surface area contributed by atoms with Gasteiger partial charge in [-0.3, -0.25) is 9.59 Å². The summed E-state index contributed by atoms with van der Waals surface area (Å²) in [5.41, 5.74) is 3.01. The molecule has 0 spiro atoms. The quantitative estimate of drug-likeness (QED) is 0.547. The van der Waals surface area contributed by atoms with Crippen LogP contribution >= 0.6 is 46.0 Å². The predicted octanol–water partition coefficient (Wildman–Crippen LogP) is 5.18. The molecule has 0 saturated heterocycles. The molecule has 2 aromatic heterocycles. The zero-order valence-electron chi connectivity index (χ0n) is 15.4. The van der Waals surface area contributed by atoms with Crippen LogP contribution in [0.15, 0.2) is 41.8 Å². The summed E-state index contributed by atoms with van der Waals surface area (Å²) in [7, 11) is 0. The summed E-state index contributed by atoms with van der Waals surface area (Å²) in [5, 5.41) is 5.24. The first-order valence-corrected chi connectivity index (χ1v) is 12.3. The molecule has 0 bridgehead atoms. The van der Waals surface area contributed by atoms with Crippen LogP contribution < -0.4 is 10.2 Å². The Kier molecular flexibility index (Phi) is 6.54. The number of thiazole rings is 1. The molecule has 5 nitrogen and oxygen atoms in total. The second-order valence-corrected chi connectivity index (χ2v) is 10.0. The molecular weight excluding hydrogens is 446 g/mol. The maximum Gasteiger partial charge on any atom is 0.236 e. The van der Waals surface area contributed by atoms with Crippen LogP contribution in [-0.2, 0) is 16.0 Å². The van der Waals surface area contributed by atoms with Gasteiger partial charge in [0.15, 0.2) is 5.13 Å². The van der Waals surface area contributed by atoms with Crippen molar-refractivity contribution < 1.29 is 9.59 Å². The highest BCUT2D eigenvalue weighted by atomic mass is 35.5. The minimum absolute atomic E-state index is 0.0426. The van der Waals surface area contributed by atoms with Gasteiger partial charge in [0.25, 0.3) is 0 Å². The Morgan fingerprint density at radius 2 is 2.07 bits per heavy atom. The average Bonchev–Trinajstić information content (AvgIpc) is 3.36. The Labute approximate surface area is 186 Å². The molecule has 0 atom stereocenters. The van der Waals surface area contributed by atoms with Crippen molar-refractivity contribution >= 4 is 68.7 Å². The summed E-state index contributed by atoms with van der Waals surface area (Å²) in [6.07, 6.45) is 1.97. The smallest absolute Gasteiger partial charge is 0.236 e. The third kappa shape index (κ3) is 5.01. The number of anilines is 2. The van der Waals surface area contributed by atoms with Crippen molar-refractivity contribution in [1.29, 1.82) is 0 Å². The van der Waals surface area contributed by atoms with Gasteiger partial charge in [0.1, 0.15) is 0 Å². The number of carbonyl (C=O) groups excluding carboxylic acids is 2. The van der Waals surface area contributed by atoms with Crippen molar-refractivity contribution in [1.82, 2.24) is 4.98 Å². The second-order valence-electron chi connectivity index (χ2n) is 6.46. The van der Waals surface area contributed by atoms with E-state index in [-0.39, 0.29) is 23.3 Å². The van der Waals surface area contributed by atoms with Gasteiger partial charge in [-0.2, -0.15) is 0 Å². The number of rotatable bonds is 6. The van der Waals surface area contributed by atoms with E-state index in [0.29, 0.717) is 9.47 Å². The Balaban J connectivity index is 1.26. The molecule has 4 rings (SSSR count). The van der Waals surface area contributed by atoms with Crippen molar-refractivity contribution in [3.8, 4) is 10.6 Å². The van der Waals surface area contributed by atoms with Crippen molar-refractivity contribution in [2.24, 2.45) is 0 Å². The highest BCUT2D eigenvalue weighted by molar-refractivity contribution is 8.00. The van der Waals surface area contributed by atoms with Gasteiger partial charge < -0.3 is 10.2 Å². The van der Waals surface area contributed by atoms with Gasteiger partial charge in [-0.1, -0.05) is 29.8 Å². The Morgan fingerprint density at radius 1 is 1.21 bits per heavy atom. The molecule has 0 unspecified atom stereocenters. The summed E-state index contributed by atoms with van der Waals surface area (Å²) in [4.78, 5) is 32.1. The molecule has 1 aliphatic heterocycles. The lowest BCUT2D eigenvalue weighted by Gasteiger charge is -2.29. The number of nitrogens with one attached hydrogen (secondary N) is 1. The first-order chi connectivity index (χ1) is 14.1. The van der Waals surface area contributed by atoms with E-state index in [9.17, 15) is 9.59 Å². The van der Waals surface area contributed by atoms with E-state index in [0.717, 1.165) is 35.6 Å². The molecule has 0 saturated carbocycles. The van der Waals surface area contributed by atoms with Gasteiger partial charge in [0.05, 0.1) is 26.4 Å². The van der Waals surface area contributed by atoms with E-state index in [1.54, 1.807) is 0 Å². The van der Waals surface area contributed by atoms with Crippen LogP contribution in [0.3, 0.4) is 0 Å². The average molecular weight is 464 g/mol. The maximum atomic E-state index is 12.6. The van der Waals surface area contributed by atoms with Gasteiger partial charge in [0.2, 0.25) is 11.8 Å². The number of amides is 2. The number of thioether (sulfide) groups is 1. The van der Waals surface area contributed by atoms with Crippen LogP contribution in [0.2, 0.25) is 4.34 Å². The summed E-state index contributed by atoms with van der Waals surface area (Å²) >= 11 is 10.1. The SMILES string of the molecule is O=C(CSCC(=O)N1CCCc2ccccc21)Nc1nc(-c2ccc(Cl)s2)cs1. The van der Waals surface area contributed by atoms with Crippen molar-refractivity contribution in [2.75, 3.05) is 28.3 Å². The van der Waals surface area contributed by atoms with E-state index < -0.39 is 0 Å². The van der Waals surface area contributed by atoms with Crippen molar-refractivity contribution in [2.45, 2.75) is 12.8 Å². The molecule has 9 heteroatoms. The highest BCUT2D eigenvalue weighted by Gasteiger charge is 2.22.